The van der Waals surface area contributed by atoms with Crippen LogP contribution >= 0.6 is 0 Å². The number of rotatable bonds is 1. The Bertz CT molecular complexity index is 361. The van der Waals surface area contributed by atoms with Gasteiger partial charge in [-0.1, -0.05) is 32.9 Å². The third-order valence-corrected chi connectivity index (χ3v) is 3.76. The van der Waals surface area contributed by atoms with Crippen molar-refractivity contribution in [3.05, 3.63) is 34.4 Å². The van der Waals surface area contributed by atoms with Crippen LogP contribution in [-0.4, -0.2) is 0 Å². The quantitative estimate of drug-likeness (QED) is 0.639. The molecule has 0 amide bonds. The SMILES string of the molecule is Cc1ccc(C(C)C)c2c1CC[C@H](C)C2. The number of hydrogen-bond acceptors (Lipinski definition) is 0. The predicted molar refractivity (Wildman–Crippen MR) is 66.5 cm³/mol. The van der Waals surface area contributed by atoms with E-state index in [-0.39, 0.29) is 0 Å². The van der Waals surface area contributed by atoms with E-state index in [1.165, 1.54) is 24.8 Å². The summed E-state index contributed by atoms with van der Waals surface area (Å²) >= 11 is 0. The van der Waals surface area contributed by atoms with Gasteiger partial charge in [0.15, 0.2) is 0 Å². The van der Waals surface area contributed by atoms with Crippen LogP contribution in [0.25, 0.3) is 0 Å². The molecule has 1 aromatic rings. The van der Waals surface area contributed by atoms with Gasteiger partial charge in [-0.15, -0.1) is 0 Å². The van der Waals surface area contributed by atoms with E-state index in [4.69, 9.17) is 0 Å². The Balaban J connectivity index is 2.51. The van der Waals surface area contributed by atoms with Crippen LogP contribution < -0.4 is 0 Å². The standard InChI is InChI=1S/C15H22/c1-10(2)13-8-6-12(4)14-7-5-11(3)9-15(13)14/h6,8,10-11H,5,7,9H2,1-4H3/t11-/m0/s1. The molecule has 0 radical (unpaired) electrons. The molecule has 1 aromatic carbocycles. The van der Waals surface area contributed by atoms with Gasteiger partial charge < -0.3 is 0 Å². The molecule has 82 valence electrons. The molecular formula is C15H22. The van der Waals surface area contributed by atoms with E-state index in [0.29, 0.717) is 5.92 Å². The maximum Gasteiger partial charge on any atom is -0.0216 e. The lowest BCUT2D eigenvalue weighted by Crippen LogP contribution is -2.15. The van der Waals surface area contributed by atoms with Crippen molar-refractivity contribution in [1.82, 2.24) is 0 Å². The first kappa shape index (κ1) is 10.7. The molecule has 0 nitrogen and oxygen atoms in total. The van der Waals surface area contributed by atoms with Gasteiger partial charge in [0.2, 0.25) is 0 Å². The Hall–Kier alpha value is -0.780. The number of fused-ring (bicyclic) bond motifs is 1. The molecule has 0 saturated heterocycles. The Morgan fingerprint density at radius 1 is 1.20 bits per heavy atom. The molecule has 0 aliphatic heterocycles. The molecule has 1 aliphatic rings. The molecule has 0 aromatic heterocycles. The summed E-state index contributed by atoms with van der Waals surface area (Å²) in [6.07, 6.45) is 3.96. The van der Waals surface area contributed by atoms with Crippen LogP contribution in [0.1, 0.15) is 55.4 Å². The highest BCUT2D eigenvalue weighted by molar-refractivity contribution is 5.43. The third-order valence-electron chi connectivity index (χ3n) is 3.76. The molecule has 0 fully saturated rings. The van der Waals surface area contributed by atoms with Gasteiger partial charge >= 0.3 is 0 Å². The van der Waals surface area contributed by atoms with Crippen LogP contribution in [0.5, 0.6) is 0 Å². The second-order valence-electron chi connectivity index (χ2n) is 5.43. The molecule has 0 bridgehead atoms. The van der Waals surface area contributed by atoms with Crippen LogP contribution in [0, 0.1) is 12.8 Å². The fourth-order valence-electron chi connectivity index (χ4n) is 2.80. The molecule has 0 saturated carbocycles. The summed E-state index contributed by atoms with van der Waals surface area (Å²) in [7, 11) is 0. The Kier molecular flexibility index (Phi) is 2.86. The summed E-state index contributed by atoms with van der Waals surface area (Å²) < 4.78 is 0. The van der Waals surface area contributed by atoms with Crippen LogP contribution in [0.2, 0.25) is 0 Å². The van der Waals surface area contributed by atoms with Gasteiger partial charge in [0.25, 0.3) is 0 Å². The van der Waals surface area contributed by atoms with Crippen LogP contribution in [0.3, 0.4) is 0 Å². The van der Waals surface area contributed by atoms with Gasteiger partial charge in [-0.3, -0.25) is 0 Å². The number of hydrogen-bond donors (Lipinski definition) is 0. The first-order valence-electron chi connectivity index (χ1n) is 6.21. The maximum absolute atomic E-state index is 2.38. The smallest absolute Gasteiger partial charge is 0.0216 e. The summed E-state index contributed by atoms with van der Waals surface area (Å²) in [5.41, 5.74) is 6.41. The van der Waals surface area contributed by atoms with Gasteiger partial charge in [0, 0.05) is 0 Å². The fraction of sp³-hybridized carbons (Fsp3) is 0.600. The second-order valence-corrected chi connectivity index (χ2v) is 5.43. The Morgan fingerprint density at radius 2 is 1.93 bits per heavy atom. The Labute approximate surface area is 93.7 Å². The van der Waals surface area contributed by atoms with Crippen LogP contribution in [-0.2, 0) is 12.8 Å². The predicted octanol–water partition coefficient (Wildman–Crippen LogP) is 4.24. The Morgan fingerprint density at radius 3 is 2.60 bits per heavy atom. The average molecular weight is 202 g/mol. The van der Waals surface area contributed by atoms with Gasteiger partial charge in [-0.25, -0.2) is 0 Å². The van der Waals surface area contributed by atoms with Crippen LogP contribution in [0.15, 0.2) is 12.1 Å². The van der Waals surface area contributed by atoms with Gasteiger partial charge in [-0.2, -0.15) is 0 Å². The minimum atomic E-state index is 0.671. The number of aryl methyl sites for hydroxylation is 1. The molecule has 1 atom stereocenters. The molecule has 2 rings (SSSR count). The van der Waals surface area contributed by atoms with E-state index in [1.807, 2.05) is 0 Å². The molecule has 1 aliphatic carbocycles. The molecular weight excluding hydrogens is 180 g/mol. The van der Waals surface area contributed by atoms with Crippen molar-refractivity contribution >= 4 is 0 Å². The summed E-state index contributed by atoms with van der Waals surface area (Å²) in [5, 5.41) is 0. The van der Waals surface area contributed by atoms with Gasteiger partial charge in [0.1, 0.15) is 0 Å². The van der Waals surface area contributed by atoms with Crippen LogP contribution in [0.4, 0.5) is 0 Å². The van der Waals surface area contributed by atoms with Crippen molar-refractivity contribution in [2.75, 3.05) is 0 Å². The number of benzene rings is 1. The lowest BCUT2D eigenvalue weighted by atomic mass is 9.78. The third kappa shape index (κ3) is 1.95. The monoisotopic (exact) mass is 202 g/mol. The van der Waals surface area contributed by atoms with Crippen molar-refractivity contribution in [2.24, 2.45) is 5.92 Å². The van der Waals surface area contributed by atoms with Crippen molar-refractivity contribution in [2.45, 2.75) is 52.9 Å². The average Bonchev–Trinajstić information content (AvgIpc) is 2.17. The van der Waals surface area contributed by atoms with Crippen molar-refractivity contribution < 1.29 is 0 Å². The summed E-state index contributed by atoms with van der Waals surface area (Å²) in [6.45, 7) is 9.27. The molecule has 0 heteroatoms. The zero-order valence-electron chi connectivity index (χ0n) is 10.4. The van der Waals surface area contributed by atoms with E-state index in [1.54, 1.807) is 16.7 Å². The normalized spacial score (nSPS) is 20.5. The largest absolute Gasteiger partial charge is 0.0622 e. The zero-order chi connectivity index (χ0) is 11.0. The molecule has 0 spiro atoms. The first-order chi connectivity index (χ1) is 7.09. The van der Waals surface area contributed by atoms with E-state index < -0.39 is 0 Å². The molecule has 15 heavy (non-hydrogen) atoms. The maximum atomic E-state index is 2.38. The zero-order valence-corrected chi connectivity index (χ0v) is 10.4. The first-order valence-corrected chi connectivity index (χ1v) is 6.21. The molecule has 0 N–H and O–H groups in total. The van der Waals surface area contributed by atoms with Gasteiger partial charge in [0.05, 0.1) is 0 Å². The van der Waals surface area contributed by atoms with Crippen molar-refractivity contribution in [3.8, 4) is 0 Å². The molecule has 0 heterocycles. The summed E-state index contributed by atoms with van der Waals surface area (Å²) in [5.74, 6) is 1.54. The van der Waals surface area contributed by atoms with Crippen molar-refractivity contribution in [1.29, 1.82) is 0 Å². The van der Waals surface area contributed by atoms with E-state index in [2.05, 4.69) is 39.8 Å². The lowest BCUT2D eigenvalue weighted by Gasteiger charge is -2.27. The van der Waals surface area contributed by atoms with Gasteiger partial charge in [-0.05, 0) is 60.3 Å². The molecule has 0 unspecified atom stereocenters. The highest BCUT2D eigenvalue weighted by atomic mass is 14.2. The highest BCUT2D eigenvalue weighted by Gasteiger charge is 2.20. The topological polar surface area (TPSA) is 0 Å². The van der Waals surface area contributed by atoms with E-state index in [0.717, 1.165) is 5.92 Å². The second kappa shape index (κ2) is 4.00. The summed E-state index contributed by atoms with van der Waals surface area (Å²) in [4.78, 5) is 0. The fourth-order valence-corrected chi connectivity index (χ4v) is 2.80. The highest BCUT2D eigenvalue weighted by Crippen LogP contribution is 2.33. The lowest BCUT2D eigenvalue weighted by molar-refractivity contribution is 0.495. The summed E-state index contributed by atoms with van der Waals surface area (Å²) in [6, 6.07) is 4.65. The van der Waals surface area contributed by atoms with E-state index >= 15 is 0 Å². The minimum absolute atomic E-state index is 0.671. The van der Waals surface area contributed by atoms with Crippen molar-refractivity contribution in [3.63, 3.8) is 0 Å². The minimum Gasteiger partial charge on any atom is -0.0622 e. The van der Waals surface area contributed by atoms with E-state index in [9.17, 15) is 0 Å².